The highest BCUT2D eigenvalue weighted by atomic mass is 32.1. The predicted molar refractivity (Wildman–Crippen MR) is 63.9 cm³/mol. The van der Waals surface area contributed by atoms with Crippen LogP contribution in [0.2, 0.25) is 0 Å². The molecule has 0 N–H and O–H groups in total. The summed E-state index contributed by atoms with van der Waals surface area (Å²) in [5.74, 6) is 0.972. The van der Waals surface area contributed by atoms with Crippen molar-refractivity contribution in [3.63, 3.8) is 0 Å². The number of pyridine rings is 1. The molecule has 1 aromatic heterocycles. The molecule has 0 amide bonds. The summed E-state index contributed by atoms with van der Waals surface area (Å²) in [6.07, 6.45) is 5.97. The smallest absolute Gasteiger partial charge is 0.0270 e. The Balaban J connectivity index is 2.20. The second-order valence-electron chi connectivity index (χ2n) is 3.49. The molecule has 2 nitrogen and oxygen atoms in total. The Morgan fingerprint density at radius 1 is 1.29 bits per heavy atom. The maximum Gasteiger partial charge on any atom is 0.0270 e. The van der Waals surface area contributed by atoms with Crippen LogP contribution in [0.3, 0.4) is 0 Å². The minimum absolute atomic E-state index is 0.972. The van der Waals surface area contributed by atoms with Gasteiger partial charge in [0.1, 0.15) is 0 Å². The van der Waals surface area contributed by atoms with Gasteiger partial charge in [-0.2, -0.15) is 12.6 Å². The minimum atomic E-state index is 0.972. The summed E-state index contributed by atoms with van der Waals surface area (Å²) >= 11 is 4.20. The average Bonchev–Trinajstić information content (AvgIpc) is 2.25. The molecule has 1 heterocycles. The predicted octanol–water partition coefficient (Wildman–Crippen LogP) is 1.88. The Morgan fingerprint density at radius 2 is 2.00 bits per heavy atom. The zero-order chi connectivity index (χ0) is 10.2. The van der Waals surface area contributed by atoms with Gasteiger partial charge in [0.05, 0.1) is 0 Å². The summed E-state index contributed by atoms with van der Waals surface area (Å²) in [5, 5.41) is 0. The van der Waals surface area contributed by atoms with E-state index < -0.39 is 0 Å². The molecule has 0 aliphatic rings. The summed E-state index contributed by atoms with van der Waals surface area (Å²) in [6, 6.07) is 4.15. The highest BCUT2D eigenvalue weighted by molar-refractivity contribution is 7.80. The third kappa shape index (κ3) is 4.63. The Morgan fingerprint density at radius 3 is 2.64 bits per heavy atom. The van der Waals surface area contributed by atoms with Crippen molar-refractivity contribution in [1.29, 1.82) is 0 Å². The van der Waals surface area contributed by atoms with Gasteiger partial charge in [-0.25, -0.2) is 0 Å². The lowest BCUT2D eigenvalue weighted by atomic mass is 10.2. The highest BCUT2D eigenvalue weighted by Gasteiger charge is 1.98. The van der Waals surface area contributed by atoms with Crippen LogP contribution in [-0.4, -0.2) is 35.8 Å². The van der Waals surface area contributed by atoms with E-state index in [2.05, 4.69) is 41.7 Å². The van der Waals surface area contributed by atoms with Gasteiger partial charge < -0.3 is 4.90 Å². The Hall–Kier alpha value is -0.540. The maximum absolute atomic E-state index is 4.20. The molecule has 0 radical (unpaired) electrons. The van der Waals surface area contributed by atoms with E-state index in [1.54, 1.807) is 0 Å². The molecule has 0 fully saturated rings. The molecule has 0 saturated heterocycles. The lowest BCUT2D eigenvalue weighted by Gasteiger charge is -2.15. The SMILES string of the molecule is CN(CCCS)CCc1ccncc1. The first kappa shape index (κ1) is 11.5. The van der Waals surface area contributed by atoms with Crippen molar-refractivity contribution in [2.45, 2.75) is 12.8 Å². The van der Waals surface area contributed by atoms with Crippen molar-refractivity contribution in [1.82, 2.24) is 9.88 Å². The highest BCUT2D eigenvalue weighted by Crippen LogP contribution is 1.99. The van der Waals surface area contributed by atoms with Crippen molar-refractivity contribution in [3.8, 4) is 0 Å². The number of likely N-dealkylation sites (N-methyl/N-ethyl adjacent to an activating group) is 1. The normalized spacial score (nSPS) is 10.8. The molecule has 0 aromatic carbocycles. The second-order valence-corrected chi connectivity index (χ2v) is 3.93. The van der Waals surface area contributed by atoms with Gasteiger partial charge >= 0.3 is 0 Å². The molecule has 0 saturated carbocycles. The van der Waals surface area contributed by atoms with Crippen LogP contribution >= 0.6 is 12.6 Å². The van der Waals surface area contributed by atoms with Crippen molar-refractivity contribution in [2.75, 3.05) is 25.9 Å². The maximum atomic E-state index is 4.20. The van der Waals surface area contributed by atoms with Crippen molar-refractivity contribution in [2.24, 2.45) is 0 Å². The van der Waals surface area contributed by atoms with Crippen molar-refractivity contribution in [3.05, 3.63) is 30.1 Å². The number of hydrogen-bond donors (Lipinski definition) is 1. The topological polar surface area (TPSA) is 16.1 Å². The fraction of sp³-hybridized carbons (Fsp3) is 0.545. The number of nitrogens with zero attached hydrogens (tertiary/aromatic N) is 2. The van der Waals surface area contributed by atoms with Gasteiger partial charge in [-0.3, -0.25) is 4.98 Å². The molecule has 14 heavy (non-hydrogen) atoms. The van der Waals surface area contributed by atoms with Crippen LogP contribution in [0.5, 0.6) is 0 Å². The van der Waals surface area contributed by atoms with Crippen molar-refractivity contribution < 1.29 is 0 Å². The summed E-state index contributed by atoms with van der Waals surface area (Å²) < 4.78 is 0. The van der Waals surface area contributed by atoms with Gasteiger partial charge in [0.15, 0.2) is 0 Å². The Kier molecular flexibility index (Phi) is 5.64. The van der Waals surface area contributed by atoms with Crippen LogP contribution in [0, 0.1) is 0 Å². The standard InChI is InChI=1S/C11H18N2S/c1-13(8-2-10-14)9-5-11-3-6-12-7-4-11/h3-4,6-7,14H,2,5,8-10H2,1H3. The molecule has 0 spiro atoms. The number of hydrogen-bond acceptors (Lipinski definition) is 3. The quantitative estimate of drug-likeness (QED) is 0.722. The third-order valence-electron chi connectivity index (χ3n) is 2.23. The van der Waals surface area contributed by atoms with Gasteiger partial charge in [0.25, 0.3) is 0 Å². The molecule has 0 atom stereocenters. The van der Waals surface area contributed by atoms with Gasteiger partial charge in [-0.15, -0.1) is 0 Å². The zero-order valence-electron chi connectivity index (χ0n) is 8.69. The third-order valence-corrected chi connectivity index (χ3v) is 2.55. The Bertz CT molecular complexity index is 238. The molecule has 0 unspecified atom stereocenters. The second kappa shape index (κ2) is 6.85. The molecule has 0 aliphatic carbocycles. The van der Waals surface area contributed by atoms with Gasteiger partial charge in [0.2, 0.25) is 0 Å². The van der Waals surface area contributed by atoms with Gasteiger partial charge in [0, 0.05) is 18.9 Å². The van der Waals surface area contributed by atoms with Crippen LogP contribution in [0.4, 0.5) is 0 Å². The van der Waals surface area contributed by atoms with E-state index in [4.69, 9.17) is 0 Å². The van der Waals surface area contributed by atoms with Gasteiger partial charge in [-0.1, -0.05) is 0 Å². The Labute approximate surface area is 91.8 Å². The van der Waals surface area contributed by atoms with E-state index in [0.29, 0.717) is 0 Å². The number of aromatic nitrogens is 1. The summed E-state index contributed by atoms with van der Waals surface area (Å²) in [7, 11) is 2.16. The zero-order valence-corrected chi connectivity index (χ0v) is 9.58. The summed E-state index contributed by atoms with van der Waals surface area (Å²) in [6.45, 7) is 2.24. The molecule has 78 valence electrons. The molecule has 1 rings (SSSR count). The van der Waals surface area contributed by atoms with E-state index in [1.165, 1.54) is 5.56 Å². The monoisotopic (exact) mass is 210 g/mol. The largest absolute Gasteiger partial charge is 0.306 e. The number of rotatable bonds is 6. The first-order valence-corrected chi connectivity index (χ1v) is 5.64. The van der Waals surface area contributed by atoms with Crippen molar-refractivity contribution >= 4 is 12.6 Å². The minimum Gasteiger partial charge on any atom is -0.306 e. The molecule has 0 bridgehead atoms. The molecule has 1 aromatic rings. The van der Waals surface area contributed by atoms with E-state index in [0.717, 1.165) is 31.7 Å². The summed E-state index contributed by atoms with van der Waals surface area (Å²) in [4.78, 5) is 6.34. The lowest BCUT2D eigenvalue weighted by molar-refractivity contribution is 0.340. The first-order chi connectivity index (χ1) is 6.83. The van der Waals surface area contributed by atoms with Crippen LogP contribution < -0.4 is 0 Å². The van der Waals surface area contributed by atoms with E-state index >= 15 is 0 Å². The van der Waals surface area contributed by atoms with Crippen LogP contribution in [0.15, 0.2) is 24.5 Å². The fourth-order valence-corrected chi connectivity index (χ4v) is 1.46. The first-order valence-electron chi connectivity index (χ1n) is 5.01. The van der Waals surface area contributed by atoms with E-state index in [1.807, 2.05) is 12.4 Å². The van der Waals surface area contributed by atoms with Crippen LogP contribution in [0.1, 0.15) is 12.0 Å². The fourth-order valence-electron chi connectivity index (χ4n) is 1.32. The molecular formula is C11H18N2S. The van der Waals surface area contributed by atoms with E-state index in [-0.39, 0.29) is 0 Å². The number of thiol groups is 1. The van der Waals surface area contributed by atoms with Crippen LogP contribution in [-0.2, 0) is 6.42 Å². The lowest BCUT2D eigenvalue weighted by Crippen LogP contribution is -2.22. The average molecular weight is 210 g/mol. The molecular weight excluding hydrogens is 192 g/mol. The van der Waals surface area contributed by atoms with Crippen LogP contribution in [0.25, 0.3) is 0 Å². The molecule has 3 heteroatoms. The molecule has 0 aliphatic heterocycles. The van der Waals surface area contributed by atoms with E-state index in [9.17, 15) is 0 Å². The van der Waals surface area contributed by atoms with Gasteiger partial charge in [-0.05, 0) is 49.9 Å². The summed E-state index contributed by atoms with van der Waals surface area (Å²) in [5.41, 5.74) is 1.36.